The van der Waals surface area contributed by atoms with Gasteiger partial charge in [0.2, 0.25) is 0 Å². The SMILES string of the molecule is O=C(NC1CCC(Oc2ccc(C(=O)O)cc2)CC1)NC1CCC(Oc2ccc(C(=O)O)cc2)CC1. The van der Waals surface area contributed by atoms with Gasteiger partial charge in [-0.15, -0.1) is 0 Å². The van der Waals surface area contributed by atoms with Crippen molar-refractivity contribution in [3.05, 3.63) is 59.7 Å². The van der Waals surface area contributed by atoms with Crippen LogP contribution in [0.3, 0.4) is 0 Å². The van der Waals surface area contributed by atoms with Crippen LogP contribution >= 0.6 is 0 Å². The van der Waals surface area contributed by atoms with Gasteiger partial charge in [0, 0.05) is 12.1 Å². The zero-order chi connectivity index (χ0) is 25.5. The maximum atomic E-state index is 12.5. The van der Waals surface area contributed by atoms with Gasteiger partial charge in [0.15, 0.2) is 0 Å². The lowest BCUT2D eigenvalue weighted by Crippen LogP contribution is -2.49. The molecule has 2 aliphatic carbocycles. The Labute approximate surface area is 209 Å². The highest BCUT2D eigenvalue weighted by molar-refractivity contribution is 5.88. The third-order valence-corrected chi connectivity index (χ3v) is 6.83. The number of urea groups is 1. The molecular weight excluding hydrogens is 464 g/mol. The molecule has 0 radical (unpaired) electrons. The van der Waals surface area contributed by atoms with Crippen LogP contribution in [0.4, 0.5) is 4.79 Å². The van der Waals surface area contributed by atoms with Crippen LogP contribution in [0, 0.1) is 0 Å². The highest BCUT2D eigenvalue weighted by Crippen LogP contribution is 2.26. The van der Waals surface area contributed by atoms with E-state index in [1.54, 1.807) is 24.3 Å². The minimum absolute atomic E-state index is 0.0531. The quantitative estimate of drug-likeness (QED) is 0.424. The molecule has 9 nitrogen and oxygen atoms in total. The molecular formula is C27H32N2O7. The molecule has 0 aromatic heterocycles. The molecule has 2 saturated carbocycles. The molecule has 36 heavy (non-hydrogen) atoms. The van der Waals surface area contributed by atoms with Gasteiger partial charge in [0.25, 0.3) is 0 Å². The van der Waals surface area contributed by atoms with Crippen LogP contribution in [0.25, 0.3) is 0 Å². The van der Waals surface area contributed by atoms with Crippen molar-refractivity contribution in [1.29, 1.82) is 0 Å². The van der Waals surface area contributed by atoms with E-state index >= 15 is 0 Å². The van der Waals surface area contributed by atoms with Crippen molar-refractivity contribution in [2.24, 2.45) is 0 Å². The monoisotopic (exact) mass is 496 g/mol. The van der Waals surface area contributed by atoms with Crippen LogP contribution in [-0.2, 0) is 0 Å². The van der Waals surface area contributed by atoms with Crippen molar-refractivity contribution in [1.82, 2.24) is 10.6 Å². The second-order valence-corrected chi connectivity index (χ2v) is 9.46. The molecule has 2 aliphatic rings. The highest BCUT2D eigenvalue weighted by atomic mass is 16.5. The molecule has 0 bridgehead atoms. The molecule has 192 valence electrons. The number of hydrogen-bond acceptors (Lipinski definition) is 5. The number of carbonyl (C=O) groups is 3. The van der Waals surface area contributed by atoms with Crippen LogP contribution in [0.2, 0.25) is 0 Å². The zero-order valence-electron chi connectivity index (χ0n) is 20.0. The standard InChI is InChI=1S/C27H32N2O7/c30-25(31)17-1-9-21(10-2-17)35-23-13-5-19(6-14-23)28-27(34)29-20-7-15-24(16-8-20)36-22-11-3-18(4-12-22)26(32)33/h1-4,9-12,19-20,23-24H,5-8,13-16H2,(H,30,31)(H,32,33)(H2,28,29,34). The summed E-state index contributed by atoms with van der Waals surface area (Å²) in [5, 5.41) is 24.1. The van der Waals surface area contributed by atoms with Crippen LogP contribution in [-0.4, -0.2) is 52.5 Å². The van der Waals surface area contributed by atoms with E-state index < -0.39 is 11.9 Å². The summed E-state index contributed by atoms with van der Waals surface area (Å²) >= 11 is 0. The minimum atomic E-state index is -0.961. The molecule has 0 atom stereocenters. The molecule has 4 N–H and O–H groups in total. The van der Waals surface area contributed by atoms with E-state index in [2.05, 4.69) is 10.6 Å². The van der Waals surface area contributed by atoms with Crippen molar-refractivity contribution < 1.29 is 34.1 Å². The Morgan fingerprint density at radius 3 is 1.22 bits per heavy atom. The van der Waals surface area contributed by atoms with E-state index in [4.69, 9.17) is 19.7 Å². The summed E-state index contributed by atoms with van der Waals surface area (Å²) in [6, 6.07) is 12.9. The number of benzene rings is 2. The van der Waals surface area contributed by atoms with Crippen molar-refractivity contribution in [2.75, 3.05) is 0 Å². The highest BCUT2D eigenvalue weighted by Gasteiger charge is 2.27. The summed E-state index contributed by atoms with van der Waals surface area (Å²) < 4.78 is 11.9. The summed E-state index contributed by atoms with van der Waals surface area (Å²) in [7, 11) is 0. The first-order valence-corrected chi connectivity index (χ1v) is 12.4. The van der Waals surface area contributed by atoms with E-state index in [9.17, 15) is 14.4 Å². The molecule has 9 heteroatoms. The van der Waals surface area contributed by atoms with Crippen molar-refractivity contribution >= 4 is 18.0 Å². The van der Waals surface area contributed by atoms with Gasteiger partial charge in [-0.1, -0.05) is 0 Å². The molecule has 2 aromatic rings. The van der Waals surface area contributed by atoms with Crippen LogP contribution < -0.4 is 20.1 Å². The Balaban J connectivity index is 1.12. The second-order valence-electron chi connectivity index (χ2n) is 9.46. The van der Waals surface area contributed by atoms with Gasteiger partial charge >= 0.3 is 18.0 Å². The maximum absolute atomic E-state index is 12.5. The van der Waals surface area contributed by atoms with E-state index in [-0.39, 0.29) is 41.4 Å². The first kappa shape index (κ1) is 25.3. The first-order valence-electron chi connectivity index (χ1n) is 12.4. The lowest BCUT2D eigenvalue weighted by atomic mass is 9.92. The minimum Gasteiger partial charge on any atom is -0.490 e. The second kappa shape index (κ2) is 11.8. The number of carbonyl (C=O) groups excluding carboxylic acids is 1. The first-order chi connectivity index (χ1) is 17.4. The van der Waals surface area contributed by atoms with E-state index in [0.29, 0.717) is 11.5 Å². The largest absolute Gasteiger partial charge is 0.490 e. The number of hydrogen-bond donors (Lipinski definition) is 4. The molecule has 2 fully saturated rings. The van der Waals surface area contributed by atoms with Gasteiger partial charge in [-0.3, -0.25) is 0 Å². The predicted octanol–water partition coefficient (Wildman–Crippen LogP) is 4.46. The summed E-state index contributed by atoms with van der Waals surface area (Å²) in [6.45, 7) is 0. The molecule has 0 unspecified atom stereocenters. The topological polar surface area (TPSA) is 134 Å². The molecule has 0 spiro atoms. The lowest BCUT2D eigenvalue weighted by Gasteiger charge is -2.32. The fourth-order valence-corrected chi connectivity index (χ4v) is 4.80. The Kier molecular flexibility index (Phi) is 8.30. The summed E-state index contributed by atoms with van der Waals surface area (Å²) in [5.41, 5.74) is 0.462. The maximum Gasteiger partial charge on any atom is 0.335 e. The summed E-state index contributed by atoms with van der Waals surface area (Å²) in [4.78, 5) is 34.4. The zero-order valence-corrected chi connectivity index (χ0v) is 20.0. The normalized spacial score (nSPS) is 23.8. The molecule has 0 heterocycles. The average molecular weight is 497 g/mol. The molecule has 0 aliphatic heterocycles. The van der Waals surface area contributed by atoms with E-state index in [1.807, 2.05) is 0 Å². The van der Waals surface area contributed by atoms with Crippen molar-refractivity contribution in [3.63, 3.8) is 0 Å². The number of carboxylic acid groups (broad SMARTS) is 2. The van der Waals surface area contributed by atoms with Crippen molar-refractivity contribution in [2.45, 2.75) is 75.7 Å². The van der Waals surface area contributed by atoms with Gasteiger partial charge < -0.3 is 30.3 Å². The van der Waals surface area contributed by atoms with E-state index in [1.165, 1.54) is 24.3 Å². The summed E-state index contributed by atoms with van der Waals surface area (Å²) in [5.74, 6) is -0.604. The predicted molar refractivity (Wildman–Crippen MR) is 132 cm³/mol. The number of ether oxygens (including phenoxy) is 2. The number of nitrogens with one attached hydrogen (secondary N) is 2. The van der Waals surface area contributed by atoms with Crippen LogP contribution in [0.5, 0.6) is 11.5 Å². The van der Waals surface area contributed by atoms with Gasteiger partial charge in [-0.25, -0.2) is 14.4 Å². The molecule has 2 aromatic carbocycles. The Hall–Kier alpha value is -3.75. The summed E-state index contributed by atoms with van der Waals surface area (Å²) in [6.07, 6.45) is 6.69. The molecule has 4 rings (SSSR count). The van der Waals surface area contributed by atoms with Gasteiger partial charge in [-0.2, -0.15) is 0 Å². The van der Waals surface area contributed by atoms with Crippen molar-refractivity contribution in [3.8, 4) is 11.5 Å². The van der Waals surface area contributed by atoms with Gasteiger partial charge in [0.05, 0.1) is 23.3 Å². The Morgan fingerprint density at radius 1 is 0.583 bits per heavy atom. The lowest BCUT2D eigenvalue weighted by molar-refractivity contribution is 0.0686. The van der Waals surface area contributed by atoms with Gasteiger partial charge in [0.1, 0.15) is 11.5 Å². The molecule has 0 saturated heterocycles. The fraction of sp³-hybridized carbons (Fsp3) is 0.444. The van der Waals surface area contributed by atoms with Crippen LogP contribution in [0.15, 0.2) is 48.5 Å². The molecule has 2 amide bonds. The van der Waals surface area contributed by atoms with Gasteiger partial charge in [-0.05, 0) is 99.9 Å². The Morgan fingerprint density at radius 2 is 0.917 bits per heavy atom. The number of rotatable bonds is 8. The number of aromatic carboxylic acids is 2. The fourth-order valence-electron chi connectivity index (χ4n) is 4.80. The Bertz CT molecular complexity index is 955. The van der Waals surface area contributed by atoms with Crippen LogP contribution in [0.1, 0.15) is 72.1 Å². The smallest absolute Gasteiger partial charge is 0.335 e. The van der Waals surface area contributed by atoms with E-state index in [0.717, 1.165) is 51.4 Å². The average Bonchev–Trinajstić information content (AvgIpc) is 2.87. The number of carboxylic acids is 2. The number of amides is 2. The third-order valence-electron chi connectivity index (χ3n) is 6.83. The third kappa shape index (κ3) is 7.13.